The Balaban J connectivity index is 3.04. The summed E-state index contributed by atoms with van der Waals surface area (Å²) >= 11 is 0. The SMILES string of the molecule is CC(N)(C(=O)Nc1cccc(S(C)(=O)=O)c1)C(F)(F)F. The van der Waals surface area contributed by atoms with Crippen LogP contribution < -0.4 is 11.1 Å². The Morgan fingerprint density at radius 3 is 2.30 bits per heavy atom. The van der Waals surface area contributed by atoms with Crippen LogP contribution in [0.15, 0.2) is 29.2 Å². The summed E-state index contributed by atoms with van der Waals surface area (Å²) in [6.45, 7) is 0.531. The molecule has 9 heteroatoms. The summed E-state index contributed by atoms with van der Waals surface area (Å²) in [5, 5.41) is 1.95. The molecular formula is C11H13F3N2O3S. The molecule has 0 bridgehead atoms. The van der Waals surface area contributed by atoms with Crippen LogP contribution in [0.5, 0.6) is 0 Å². The van der Waals surface area contributed by atoms with E-state index < -0.39 is 27.5 Å². The second-order valence-corrected chi connectivity index (χ2v) is 6.47. The summed E-state index contributed by atoms with van der Waals surface area (Å²) in [4.78, 5) is 11.4. The number of hydrogen-bond acceptors (Lipinski definition) is 4. The van der Waals surface area contributed by atoms with Gasteiger partial charge in [-0.25, -0.2) is 8.42 Å². The van der Waals surface area contributed by atoms with Gasteiger partial charge in [0.2, 0.25) is 0 Å². The zero-order chi connectivity index (χ0) is 15.8. The molecule has 1 amide bonds. The Bertz CT molecular complexity index is 624. The van der Waals surface area contributed by atoms with E-state index in [-0.39, 0.29) is 10.6 Å². The number of amides is 1. The molecule has 0 saturated carbocycles. The second kappa shape index (κ2) is 5.06. The zero-order valence-electron chi connectivity index (χ0n) is 10.7. The number of hydrogen-bond donors (Lipinski definition) is 2. The average molecular weight is 310 g/mol. The molecule has 3 N–H and O–H groups in total. The Hall–Kier alpha value is -1.61. The monoisotopic (exact) mass is 310 g/mol. The average Bonchev–Trinajstić information content (AvgIpc) is 2.26. The summed E-state index contributed by atoms with van der Waals surface area (Å²) in [5.41, 5.74) is 1.79. The summed E-state index contributed by atoms with van der Waals surface area (Å²) in [6.07, 6.45) is -3.98. The van der Waals surface area contributed by atoms with Gasteiger partial charge < -0.3 is 11.1 Å². The fourth-order valence-corrected chi connectivity index (χ4v) is 1.86. The van der Waals surface area contributed by atoms with Crippen LogP contribution in [-0.2, 0) is 14.6 Å². The third-order valence-electron chi connectivity index (χ3n) is 2.58. The van der Waals surface area contributed by atoms with E-state index in [0.29, 0.717) is 6.92 Å². The van der Waals surface area contributed by atoms with E-state index >= 15 is 0 Å². The van der Waals surface area contributed by atoms with Crippen molar-refractivity contribution < 1.29 is 26.4 Å². The number of nitrogens with two attached hydrogens (primary N) is 1. The first-order chi connectivity index (χ1) is 8.85. The highest BCUT2D eigenvalue weighted by molar-refractivity contribution is 7.90. The van der Waals surface area contributed by atoms with Crippen molar-refractivity contribution in [3.8, 4) is 0 Å². The Labute approximate surface area is 113 Å². The van der Waals surface area contributed by atoms with Crippen LogP contribution in [0.2, 0.25) is 0 Å². The number of halogens is 3. The van der Waals surface area contributed by atoms with Crippen molar-refractivity contribution >= 4 is 21.4 Å². The normalized spacial score (nSPS) is 15.5. The summed E-state index contributed by atoms with van der Waals surface area (Å²) < 4.78 is 60.3. The quantitative estimate of drug-likeness (QED) is 0.881. The predicted molar refractivity (Wildman–Crippen MR) is 66.8 cm³/mol. The zero-order valence-corrected chi connectivity index (χ0v) is 11.5. The molecule has 0 aliphatic rings. The molecule has 0 aliphatic heterocycles. The number of carbonyl (C=O) groups is 1. The molecule has 0 radical (unpaired) electrons. The number of anilines is 1. The number of sulfone groups is 1. The molecule has 20 heavy (non-hydrogen) atoms. The van der Waals surface area contributed by atoms with Crippen LogP contribution >= 0.6 is 0 Å². The topological polar surface area (TPSA) is 89.3 Å². The number of carbonyl (C=O) groups excluding carboxylic acids is 1. The first kappa shape index (κ1) is 16.4. The molecule has 1 unspecified atom stereocenters. The van der Waals surface area contributed by atoms with Gasteiger partial charge in [0.25, 0.3) is 5.91 Å². The Kier molecular flexibility index (Phi) is 4.16. The fourth-order valence-electron chi connectivity index (χ4n) is 1.19. The van der Waals surface area contributed by atoms with Crippen LogP contribution in [0.4, 0.5) is 18.9 Å². The molecule has 1 atom stereocenters. The highest BCUT2D eigenvalue weighted by atomic mass is 32.2. The Morgan fingerprint density at radius 2 is 1.85 bits per heavy atom. The van der Waals surface area contributed by atoms with E-state index in [2.05, 4.69) is 0 Å². The molecule has 0 fully saturated rings. The van der Waals surface area contributed by atoms with Crippen LogP contribution in [-0.4, -0.2) is 32.3 Å². The van der Waals surface area contributed by atoms with E-state index in [0.717, 1.165) is 12.3 Å². The molecule has 0 saturated heterocycles. The molecule has 112 valence electrons. The van der Waals surface area contributed by atoms with Crippen molar-refractivity contribution in [3.63, 3.8) is 0 Å². The number of alkyl halides is 3. The summed E-state index contributed by atoms with van der Waals surface area (Å²) in [6, 6.07) is 4.88. The maximum atomic E-state index is 12.6. The minimum Gasteiger partial charge on any atom is -0.324 e. The third-order valence-corrected chi connectivity index (χ3v) is 3.69. The molecule has 1 rings (SSSR count). The van der Waals surface area contributed by atoms with Crippen molar-refractivity contribution in [1.82, 2.24) is 0 Å². The molecule has 5 nitrogen and oxygen atoms in total. The standard InChI is InChI=1S/C11H13F3N2O3S/c1-10(15,11(12,13)14)9(17)16-7-4-3-5-8(6-7)20(2,18)19/h3-6H,15H2,1-2H3,(H,16,17). The summed E-state index contributed by atoms with van der Waals surface area (Å²) in [5.74, 6) is -1.48. The lowest BCUT2D eigenvalue weighted by atomic mass is 10.0. The van der Waals surface area contributed by atoms with Gasteiger partial charge in [-0.05, 0) is 25.1 Å². The predicted octanol–water partition coefficient (Wildman–Crippen LogP) is 1.31. The molecule has 0 heterocycles. The maximum absolute atomic E-state index is 12.6. The van der Waals surface area contributed by atoms with Crippen molar-refractivity contribution in [2.24, 2.45) is 5.73 Å². The fraction of sp³-hybridized carbons (Fsp3) is 0.364. The molecule has 1 aromatic carbocycles. The van der Waals surface area contributed by atoms with Crippen molar-refractivity contribution in [2.45, 2.75) is 23.5 Å². The van der Waals surface area contributed by atoms with Gasteiger partial charge in [0.05, 0.1) is 4.90 Å². The number of rotatable bonds is 3. The minimum atomic E-state index is -4.93. The van der Waals surface area contributed by atoms with Crippen LogP contribution in [0.1, 0.15) is 6.92 Å². The third kappa shape index (κ3) is 3.48. The minimum absolute atomic E-state index is 0.0844. The largest absolute Gasteiger partial charge is 0.415 e. The van der Waals surface area contributed by atoms with Crippen molar-refractivity contribution in [2.75, 3.05) is 11.6 Å². The van der Waals surface area contributed by atoms with Gasteiger partial charge in [-0.1, -0.05) is 6.07 Å². The smallest absolute Gasteiger partial charge is 0.324 e. The molecule has 0 aromatic heterocycles. The molecule has 1 aromatic rings. The van der Waals surface area contributed by atoms with Gasteiger partial charge in [0, 0.05) is 11.9 Å². The lowest BCUT2D eigenvalue weighted by Gasteiger charge is -2.26. The van der Waals surface area contributed by atoms with Crippen molar-refractivity contribution in [3.05, 3.63) is 24.3 Å². The lowest BCUT2D eigenvalue weighted by molar-refractivity contribution is -0.184. The van der Waals surface area contributed by atoms with E-state index in [1.807, 2.05) is 5.32 Å². The Morgan fingerprint density at radius 1 is 1.30 bits per heavy atom. The highest BCUT2D eigenvalue weighted by Gasteiger charge is 2.53. The highest BCUT2D eigenvalue weighted by Crippen LogP contribution is 2.29. The van der Waals surface area contributed by atoms with Gasteiger partial charge in [0.1, 0.15) is 0 Å². The molecule has 0 spiro atoms. The maximum Gasteiger partial charge on any atom is 0.415 e. The molecule has 0 aliphatic carbocycles. The second-order valence-electron chi connectivity index (χ2n) is 4.45. The number of benzene rings is 1. The van der Waals surface area contributed by atoms with Gasteiger partial charge in [-0.3, -0.25) is 4.79 Å². The number of nitrogens with one attached hydrogen (secondary N) is 1. The van der Waals surface area contributed by atoms with E-state index in [9.17, 15) is 26.4 Å². The first-order valence-corrected chi connectivity index (χ1v) is 7.22. The summed E-state index contributed by atoms with van der Waals surface area (Å²) in [7, 11) is -3.53. The van der Waals surface area contributed by atoms with Crippen LogP contribution in [0.3, 0.4) is 0 Å². The van der Waals surface area contributed by atoms with Crippen LogP contribution in [0, 0.1) is 0 Å². The van der Waals surface area contributed by atoms with Gasteiger partial charge >= 0.3 is 6.18 Å². The van der Waals surface area contributed by atoms with Gasteiger partial charge in [0.15, 0.2) is 15.4 Å². The molecular weight excluding hydrogens is 297 g/mol. The van der Waals surface area contributed by atoms with Gasteiger partial charge in [-0.15, -0.1) is 0 Å². The van der Waals surface area contributed by atoms with E-state index in [4.69, 9.17) is 5.73 Å². The van der Waals surface area contributed by atoms with Gasteiger partial charge in [-0.2, -0.15) is 13.2 Å². The van der Waals surface area contributed by atoms with Crippen LogP contribution in [0.25, 0.3) is 0 Å². The van der Waals surface area contributed by atoms with Crippen molar-refractivity contribution in [1.29, 1.82) is 0 Å². The first-order valence-electron chi connectivity index (χ1n) is 5.33. The van der Waals surface area contributed by atoms with E-state index in [1.165, 1.54) is 18.2 Å². The van der Waals surface area contributed by atoms with E-state index in [1.54, 1.807) is 0 Å². The lowest BCUT2D eigenvalue weighted by Crippen LogP contribution is -2.59.